The minimum Gasteiger partial charge on any atom is -0.338 e. The fourth-order valence-electron chi connectivity index (χ4n) is 3.00. The predicted octanol–water partition coefficient (Wildman–Crippen LogP) is 2.57. The number of thiazole rings is 1. The van der Waals surface area contributed by atoms with Gasteiger partial charge in [0.25, 0.3) is 0 Å². The Morgan fingerprint density at radius 1 is 1.38 bits per heavy atom. The molecule has 0 radical (unpaired) electrons. The average molecular weight is 344 g/mol. The Kier molecular flexibility index (Phi) is 5.82. The minimum atomic E-state index is -0.0755. The van der Waals surface area contributed by atoms with Crippen molar-refractivity contribution < 1.29 is 4.79 Å². The normalized spacial score (nSPS) is 17.8. The molecule has 128 valence electrons. The Morgan fingerprint density at radius 3 is 2.96 bits per heavy atom. The Morgan fingerprint density at radius 2 is 2.21 bits per heavy atom. The highest BCUT2D eigenvalue weighted by Gasteiger charge is 2.23. The van der Waals surface area contributed by atoms with Gasteiger partial charge in [0, 0.05) is 44.0 Å². The van der Waals surface area contributed by atoms with Crippen molar-refractivity contribution >= 4 is 17.4 Å². The number of nitrogens with one attached hydrogen (secondary N) is 2. The van der Waals surface area contributed by atoms with Crippen LogP contribution in [0.5, 0.6) is 0 Å². The summed E-state index contributed by atoms with van der Waals surface area (Å²) >= 11 is 1.65. The summed E-state index contributed by atoms with van der Waals surface area (Å²) < 4.78 is 0. The molecule has 0 spiro atoms. The lowest BCUT2D eigenvalue weighted by atomic mass is 10.2. The molecule has 1 fully saturated rings. The van der Waals surface area contributed by atoms with Gasteiger partial charge in [0.2, 0.25) is 0 Å². The quantitative estimate of drug-likeness (QED) is 0.847. The number of carbonyl (C=O) groups excluding carboxylic acids is 1. The lowest BCUT2D eigenvalue weighted by molar-refractivity contribution is 0.236. The number of nitrogens with zero attached hydrogens (tertiary/aromatic N) is 2. The van der Waals surface area contributed by atoms with E-state index in [-0.39, 0.29) is 12.1 Å². The van der Waals surface area contributed by atoms with Crippen molar-refractivity contribution in [2.45, 2.75) is 32.4 Å². The van der Waals surface area contributed by atoms with E-state index in [1.54, 1.807) is 11.3 Å². The van der Waals surface area contributed by atoms with Crippen LogP contribution >= 0.6 is 11.3 Å². The Hall–Kier alpha value is -1.92. The molecular weight excluding hydrogens is 320 g/mol. The molecule has 2 aromatic rings. The van der Waals surface area contributed by atoms with Crippen LogP contribution in [0.25, 0.3) is 0 Å². The number of aryl methyl sites for hydroxylation is 1. The number of amides is 2. The van der Waals surface area contributed by atoms with Crippen LogP contribution in [0.4, 0.5) is 4.79 Å². The van der Waals surface area contributed by atoms with Crippen molar-refractivity contribution in [1.29, 1.82) is 0 Å². The molecule has 1 atom stereocenters. The molecule has 1 aromatic carbocycles. The Labute approximate surface area is 147 Å². The third-order valence-corrected chi connectivity index (χ3v) is 5.01. The summed E-state index contributed by atoms with van der Waals surface area (Å²) in [6.45, 7) is 5.50. The lowest BCUT2D eigenvalue weighted by Crippen LogP contribution is -2.43. The summed E-state index contributed by atoms with van der Waals surface area (Å²) in [6.07, 6.45) is 1.79. The van der Waals surface area contributed by atoms with E-state index < -0.39 is 0 Å². The molecule has 3 rings (SSSR count). The Balaban J connectivity index is 1.35. The number of hydrogen-bond acceptors (Lipinski definition) is 4. The summed E-state index contributed by atoms with van der Waals surface area (Å²) in [5.41, 5.74) is 2.37. The fraction of sp³-hybridized carbons (Fsp3) is 0.444. The van der Waals surface area contributed by atoms with Gasteiger partial charge in [0.15, 0.2) is 0 Å². The van der Waals surface area contributed by atoms with Crippen molar-refractivity contribution in [2.75, 3.05) is 19.6 Å². The van der Waals surface area contributed by atoms with Gasteiger partial charge in [-0.05, 0) is 18.9 Å². The van der Waals surface area contributed by atoms with E-state index in [1.807, 2.05) is 18.4 Å². The first-order valence-electron chi connectivity index (χ1n) is 8.41. The van der Waals surface area contributed by atoms with Crippen molar-refractivity contribution in [3.63, 3.8) is 0 Å². The number of aromatic nitrogens is 1. The third kappa shape index (κ3) is 5.04. The summed E-state index contributed by atoms with van der Waals surface area (Å²) in [5.74, 6) is 0. The molecule has 2 amide bonds. The molecule has 24 heavy (non-hydrogen) atoms. The zero-order valence-electron chi connectivity index (χ0n) is 14.0. The van der Waals surface area contributed by atoms with Gasteiger partial charge in [-0.25, -0.2) is 9.78 Å². The van der Waals surface area contributed by atoms with Crippen LogP contribution in [0, 0.1) is 6.92 Å². The molecule has 0 saturated carbocycles. The number of benzene rings is 1. The summed E-state index contributed by atoms with van der Waals surface area (Å²) in [7, 11) is 0. The summed E-state index contributed by atoms with van der Waals surface area (Å²) in [4.78, 5) is 18.8. The minimum absolute atomic E-state index is 0.0755. The second-order valence-electron chi connectivity index (χ2n) is 6.21. The first-order valence-corrected chi connectivity index (χ1v) is 9.28. The smallest absolute Gasteiger partial charge is 0.315 e. The zero-order chi connectivity index (χ0) is 16.8. The van der Waals surface area contributed by atoms with Gasteiger partial charge in [-0.1, -0.05) is 30.3 Å². The topological polar surface area (TPSA) is 57.3 Å². The lowest BCUT2D eigenvalue weighted by Gasteiger charge is -2.17. The highest BCUT2D eigenvalue weighted by atomic mass is 32.1. The second-order valence-corrected chi connectivity index (χ2v) is 7.28. The molecular formula is C18H24N4OS. The van der Waals surface area contributed by atoms with E-state index in [0.717, 1.165) is 43.2 Å². The SMILES string of the molecule is Cc1nc(CCNC(=O)N[C@@H]2CCN(Cc3ccccc3)C2)cs1. The molecule has 5 nitrogen and oxygen atoms in total. The maximum atomic E-state index is 12.0. The number of likely N-dealkylation sites (tertiary alicyclic amines) is 1. The van der Waals surface area contributed by atoms with Gasteiger partial charge >= 0.3 is 6.03 Å². The van der Waals surface area contributed by atoms with Gasteiger partial charge in [-0.2, -0.15) is 0 Å². The standard InChI is InChI=1S/C18H24N4OS/c1-14-20-17(13-24-14)7-9-19-18(23)21-16-8-10-22(12-16)11-15-5-3-2-4-6-15/h2-6,13,16H,7-12H2,1H3,(H2,19,21,23)/t16-/m1/s1. The summed E-state index contributed by atoms with van der Waals surface area (Å²) in [5, 5.41) is 9.12. The number of carbonyl (C=O) groups is 1. The van der Waals surface area contributed by atoms with Crippen molar-refractivity contribution in [2.24, 2.45) is 0 Å². The molecule has 0 unspecified atom stereocenters. The number of urea groups is 1. The maximum Gasteiger partial charge on any atom is 0.315 e. The van der Waals surface area contributed by atoms with Gasteiger partial charge < -0.3 is 10.6 Å². The van der Waals surface area contributed by atoms with Gasteiger partial charge in [-0.3, -0.25) is 4.90 Å². The van der Waals surface area contributed by atoms with Crippen molar-refractivity contribution in [3.8, 4) is 0 Å². The highest BCUT2D eigenvalue weighted by molar-refractivity contribution is 7.09. The number of hydrogen-bond donors (Lipinski definition) is 2. The maximum absolute atomic E-state index is 12.0. The predicted molar refractivity (Wildman–Crippen MR) is 97.2 cm³/mol. The molecule has 1 aliphatic rings. The Bertz CT molecular complexity index is 658. The fourth-order valence-corrected chi connectivity index (χ4v) is 3.65. The van der Waals surface area contributed by atoms with E-state index >= 15 is 0 Å². The zero-order valence-corrected chi connectivity index (χ0v) is 14.8. The monoisotopic (exact) mass is 344 g/mol. The average Bonchev–Trinajstić information content (AvgIpc) is 3.17. The van der Waals surface area contributed by atoms with Crippen molar-refractivity contribution in [1.82, 2.24) is 20.5 Å². The molecule has 2 N–H and O–H groups in total. The number of rotatable bonds is 6. The molecule has 1 aliphatic heterocycles. The van der Waals surface area contributed by atoms with Crippen LogP contribution in [0.1, 0.15) is 22.7 Å². The van der Waals surface area contributed by atoms with Crippen LogP contribution < -0.4 is 10.6 Å². The second kappa shape index (κ2) is 8.26. The van der Waals surface area contributed by atoms with Gasteiger partial charge in [0.05, 0.1) is 10.7 Å². The van der Waals surface area contributed by atoms with Crippen LogP contribution in [0.2, 0.25) is 0 Å². The molecule has 0 bridgehead atoms. The van der Waals surface area contributed by atoms with Crippen LogP contribution in [0.3, 0.4) is 0 Å². The van der Waals surface area contributed by atoms with Crippen LogP contribution in [0.15, 0.2) is 35.7 Å². The summed E-state index contributed by atoms with van der Waals surface area (Å²) in [6, 6.07) is 10.6. The molecule has 2 heterocycles. The molecule has 0 aliphatic carbocycles. The van der Waals surface area contributed by atoms with Gasteiger partial charge in [0.1, 0.15) is 0 Å². The van der Waals surface area contributed by atoms with Crippen LogP contribution in [-0.2, 0) is 13.0 Å². The molecule has 1 aromatic heterocycles. The van der Waals surface area contributed by atoms with E-state index in [9.17, 15) is 4.79 Å². The van der Waals surface area contributed by atoms with E-state index in [2.05, 4.69) is 44.8 Å². The van der Waals surface area contributed by atoms with E-state index in [1.165, 1.54) is 5.56 Å². The molecule has 6 heteroatoms. The molecule has 1 saturated heterocycles. The van der Waals surface area contributed by atoms with Crippen molar-refractivity contribution in [3.05, 3.63) is 52.0 Å². The third-order valence-electron chi connectivity index (χ3n) is 4.19. The van der Waals surface area contributed by atoms with Crippen LogP contribution in [-0.4, -0.2) is 41.6 Å². The highest BCUT2D eigenvalue weighted by Crippen LogP contribution is 2.13. The van der Waals surface area contributed by atoms with E-state index in [0.29, 0.717) is 6.54 Å². The van der Waals surface area contributed by atoms with E-state index in [4.69, 9.17) is 0 Å². The first-order chi connectivity index (χ1) is 11.7. The van der Waals surface area contributed by atoms with Gasteiger partial charge in [-0.15, -0.1) is 11.3 Å². The largest absolute Gasteiger partial charge is 0.338 e. The first kappa shape index (κ1) is 16.9.